The van der Waals surface area contributed by atoms with E-state index in [0.29, 0.717) is 17.1 Å². The molecule has 0 aliphatic carbocycles. The fraction of sp³-hybridized carbons (Fsp3) is 0.188. The van der Waals surface area contributed by atoms with E-state index < -0.39 is 27.2 Å². The lowest BCUT2D eigenvalue weighted by Crippen LogP contribution is -2.08. The number of nitrogens with zero attached hydrogens (tertiary/aromatic N) is 2. The summed E-state index contributed by atoms with van der Waals surface area (Å²) in [7, 11) is 2.88. The number of esters is 1. The highest BCUT2D eigenvalue weighted by Crippen LogP contribution is 2.31. The molecule has 0 unspecified atom stereocenters. The summed E-state index contributed by atoms with van der Waals surface area (Å²) in [5, 5.41) is 21.8. The Bertz CT molecular complexity index is 833. The number of nitro benzene ring substituents is 2. The SMILES string of the molecule is COc1cccc(COC(=O)c2cc([N+](=O)[O-])cc([N+](=O)[O-])c2)c1OC. The minimum absolute atomic E-state index is 0.213. The normalized spacial score (nSPS) is 10.1. The predicted molar refractivity (Wildman–Crippen MR) is 88.4 cm³/mol. The molecule has 2 aromatic rings. The molecule has 0 radical (unpaired) electrons. The third-order valence-electron chi connectivity index (χ3n) is 3.40. The van der Waals surface area contributed by atoms with Crippen molar-refractivity contribution < 1.29 is 28.9 Å². The van der Waals surface area contributed by atoms with E-state index in [9.17, 15) is 25.0 Å². The van der Waals surface area contributed by atoms with Gasteiger partial charge >= 0.3 is 5.97 Å². The second-order valence-electron chi connectivity index (χ2n) is 4.98. The molecule has 0 atom stereocenters. The fourth-order valence-electron chi connectivity index (χ4n) is 2.22. The Balaban J connectivity index is 2.26. The molecule has 10 nitrogen and oxygen atoms in total. The lowest BCUT2D eigenvalue weighted by Gasteiger charge is -2.12. The monoisotopic (exact) mass is 362 g/mol. The molecule has 10 heteroatoms. The van der Waals surface area contributed by atoms with Gasteiger partial charge in [0.25, 0.3) is 11.4 Å². The first-order valence-corrected chi connectivity index (χ1v) is 7.18. The van der Waals surface area contributed by atoms with Gasteiger partial charge in [0.2, 0.25) is 0 Å². The fourth-order valence-corrected chi connectivity index (χ4v) is 2.22. The number of ether oxygens (including phenoxy) is 3. The second kappa shape index (κ2) is 7.92. The molecule has 0 heterocycles. The smallest absolute Gasteiger partial charge is 0.338 e. The van der Waals surface area contributed by atoms with Crippen LogP contribution in [0.1, 0.15) is 15.9 Å². The van der Waals surface area contributed by atoms with E-state index in [-0.39, 0.29) is 12.2 Å². The van der Waals surface area contributed by atoms with Crippen molar-refractivity contribution in [2.24, 2.45) is 0 Å². The number of hydrogen-bond donors (Lipinski definition) is 0. The number of rotatable bonds is 7. The highest BCUT2D eigenvalue weighted by Gasteiger charge is 2.21. The minimum Gasteiger partial charge on any atom is -0.493 e. The van der Waals surface area contributed by atoms with Crippen molar-refractivity contribution in [2.45, 2.75) is 6.61 Å². The zero-order valence-corrected chi connectivity index (χ0v) is 13.8. The average Bonchev–Trinajstić information content (AvgIpc) is 2.64. The number of hydrogen-bond acceptors (Lipinski definition) is 8. The number of non-ortho nitro benzene ring substituents is 2. The van der Waals surface area contributed by atoms with Crippen molar-refractivity contribution in [1.82, 2.24) is 0 Å². The van der Waals surface area contributed by atoms with Crippen molar-refractivity contribution >= 4 is 17.3 Å². The van der Waals surface area contributed by atoms with Gasteiger partial charge in [-0.2, -0.15) is 0 Å². The molecule has 26 heavy (non-hydrogen) atoms. The maximum atomic E-state index is 12.2. The molecule has 0 spiro atoms. The third-order valence-corrected chi connectivity index (χ3v) is 3.40. The van der Waals surface area contributed by atoms with E-state index >= 15 is 0 Å². The Kier molecular flexibility index (Phi) is 5.68. The van der Waals surface area contributed by atoms with Gasteiger partial charge in [0, 0.05) is 17.7 Å². The molecule has 0 saturated carbocycles. The van der Waals surface area contributed by atoms with Gasteiger partial charge in [-0.3, -0.25) is 20.2 Å². The molecule has 0 fully saturated rings. The highest BCUT2D eigenvalue weighted by molar-refractivity contribution is 5.91. The van der Waals surface area contributed by atoms with Crippen molar-refractivity contribution in [3.05, 3.63) is 67.8 Å². The van der Waals surface area contributed by atoms with Crippen LogP contribution < -0.4 is 9.47 Å². The van der Waals surface area contributed by atoms with E-state index in [1.807, 2.05) is 0 Å². The molecule has 2 rings (SSSR count). The first-order chi connectivity index (χ1) is 12.4. The number of para-hydroxylation sites is 1. The summed E-state index contributed by atoms with van der Waals surface area (Å²) >= 11 is 0. The van der Waals surface area contributed by atoms with Crippen LogP contribution in [0.25, 0.3) is 0 Å². The van der Waals surface area contributed by atoms with Crippen molar-refractivity contribution in [3.8, 4) is 11.5 Å². The van der Waals surface area contributed by atoms with Crippen molar-refractivity contribution in [3.63, 3.8) is 0 Å². The van der Waals surface area contributed by atoms with E-state index in [1.54, 1.807) is 18.2 Å². The molecule has 0 aromatic heterocycles. The van der Waals surface area contributed by atoms with Crippen LogP contribution in [0.2, 0.25) is 0 Å². The lowest BCUT2D eigenvalue weighted by molar-refractivity contribution is -0.394. The number of methoxy groups -OCH3 is 2. The van der Waals surface area contributed by atoms with Crippen LogP contribution >= 0.6 is 0 Å². The number of nitro groups is 2. The zero-order valence-electron chi connectivity index (χ0n) is 13.8. The molecular weight excluding hydrogens is 348 g/mol. The number of benzene rings is 2. The number of carbonyl (C=O) groups is 1. The quantitative estimate of drug-likeness (QED) is 0.417. The highest BCUT2D eigenvalue weighted by atomic mass is 16.6. The van der Waals surface area contributed by atoms with Crippen LogP contribution in [-0.2, 0) is 11.3 Å². The van der Waals surface area contributed by atoms with E-state index in [1.165, 1.54) is 14.2 Å². The van der Waals surface area contributed by atoms with Gasteiger partial charge in [-0.25, -0.2) is 4.79 Å². The topological polar surface area (TPSA) is 131 Å². The van der Waals surface area contributed by atoms with Crippen molar-refractivity contribution in [1.29, 1.82) is 0 Å². The third kappa shape index (κ3) is 4.04. The van der Waals surface area contributed by atoms with Gasteiger partial charge in [0.15, 0.2) is 11.5 Å². The Labute approximate surface area is 147 Å². The molecule has 0 saturated heterocycles. The van der Waals surface area contributed by atoms with Crippen LogP contribution in [0, 0.1) is 20.2 Å². The first-order valence-electron chi connectivity index (χ1n) is 7.18. The van der Waals surface area contributed by atoms with Crippen LogP contribution in [-0.4, -0.2) is 30.0 Å². The largest absolute Gasteiger partial charge is 0.493 e. The Morgan fingerprint density at radius 1 is 1.00 bits per heavy atom. The van der Waals surface area contributed by atoms with E-state index in [2.05, 4.69) is 0 Å². The first kappa shape index (κ1) is 18.6. The molecular formula is C16H14N2O8. The molecule has 0 aliphatic heterocycles. The lowest BCUT2D eigenvalue weighted by atomic mass is 10.1. The van der Waals surface area contributed by atoms with Gasteiger partial charge < -0.3 is 14.2 Å². The van der Waals surface area contributed by atoms with Gasteiger partial charge in [-0.1, -0.05) is 12.1 Å². The van der Waals surface area contributed by atoms with Crippen LogP contribution in [0.4, 0.5) is 11.4 Å². The van der Waals surface area contributed by atoms with Gasteiger partial charge in [0.1, 0.15) is 6.61 Å². The summed E-state index contributed by atoms with van der Waals surface area (Å²) in [6.07, 6.45) is 0. The Morgan fingerprint density at radius 3 is 2.12 bits per heavy atom. The zero-order chi connectivity index (χ0) is 19.3. The van der Waals surface area contributed by atoms with E-state index in [0.717, 1.165) is 18.2 Å². The molecule has 0 bridgehead atoms. The predicted octanol–water partition coefficient (Wildman–Crippen LogP) is 2.88. The summed E-state index contributed by atoms with van der Waals surface area (Å²) in [6.45, 7) is -0.213. The Hall–Kier alpha value is -3.69. The van der Waals surface area contributed by atoms with Gasteiger partial charge in [0.05, 0.1) is 35.7 Å². The average molecular weight is 362 g/mol. The maximum Gasteiger partial charge on any atom is 0.338 e. The van der Waals surface area contributed by atoms with Crippen LogP contribution in [0.15, 0.2) is 36.4 Å². The standard InChI is InChI=1S/C16H14N2O8/c1-24-14-5-3-4-10(15(14)25-2)9-26-16(19)11-6-12(17(20)21)8-13(7-11)18(22)23/h3-8H,9H2,1-2H3. The molecule has 136 valence electrons. The van der Waals surface area contributed by atoms with Gasteiger partial charge in [-0.15, -0.1) is 0 Å². The summed E-state index contributed by atoms with van der Waals surface area (Å²) in [6, 6.07) is 7.57. The molecule has 0 amide bonds. The molecule has 2 aromatic carbocycles. The number of carbonyl (C=O) groups excluding carboxylic acids is 1. The molecule has 0 aliphatic rings. The van der Waals surface area contributed by atoms with Crippen LogP contribution in [0.5, 0.6) is 11.5 Å². The molecule has 0 N–H and O–H groups in total. The summed E-state index contributed by atoms with van der Waals surface area (Å²) in [4.78, 5) is 32.3. The minimum atomic E-state index is -0.943. The summed E-state index contributed by atoms with van der Waals surface area (Å²) in [5.74, 6) is -0.137. The Morgan fingerprint density at radius 2 is 1.62 bits per heavy atom. The maximum absolute atomic E-state index is 12.2. The van der Waals surface area contributed by atoms with Crippen LogP contribution in [0.3, 0.4) is 0 Å². The summed E-state index contributed by atoms with van der Waals surface area (Å²) < 4.78 is 15.5. The van der Waals surface area contributed by atoms with Gasteiger partial charge in [-0.05, 0) is 6.07 Å². The summed E-state index contributed by atoms with van der Waals surface area (Å²) in [5.41, 5.74) is -0.955. The van der Waals surface area contributed by atoms with Crippen molar-refractivity contribution in [2.75, 3.05) is 14.2 Å². The van der Waals surface area contributed by atoms with E-state index in [4.69, 9.17) is 14.2 Å². The second-order valence-corrected chi connectivity index (χ2v) is 4.98.